The summed E-state index contributed by atoms with van der Waals surface area (Å²) in [6.45, 7) is 5.06. The Balaban J connectivity index is 1.82. The van der Waals surface area contributed by atoms with E-state index in [1.54, 1.807) is 0 Å². The van der Waals surface area contributed by atoms with Gasteiger partial charge in [-0.15, -0.1) is 0 Å². The Bertz CT molecular complexity index is 980. The molecule has 0 radical (unpaired) electrons. The molecule has 0 saturated carbocycles. The van der Waals surface area contributed by atoms with Gasteiger partial charge in [0.2, 0.25) is 0 Å². The highest BCUT2D eigenvalue weighted by Gasteiger charge is 2.14. The zero-order valence-electron chi connectivity index (χ0n) is 14.7. The Morgan fingerprint density at radius 2 is 1.50 bits per heavy atom. The lowest BCUT2D eigenvalue weighted by atomic mass is 10.0. The summed E-state index contributed by atoms with van der Waals surface area (Å²) in [5.74, 6) is 0. The van der Waals surface area contributed by atoms with Crippen molar-refractivity contribution >= 4 is 16.9 Å². The van der Waals surface area contributed by atoms with Crippen LogP contribution in [-0.2, 0) is 0 Å². The first kappa shape index (κ1) is 16.2. The fourth-order valence-corrected chi connectivity index (χ4v) is 3.31. The van der Waals surface area contributed by atoms with Crippen molar-refractivity contribution in [1.82, 2.24) is 0 Å². The molecule has 0 spiro atoms. The molecule has 1 heterocycles. The van der Waals surface area contributed by atoms with E-state index in [2.05, 4.69) is 115 Å². The van der Waals surface area contributed by atoms with E-state index in [-0.39, 0.29) is 0 Å². The largest absolute Gasteiger partial charge is 0.337 e. The molecular formula is C25H21N. The average Bonchev–Trinajstić information content (AvgIpc) is 2.78. The summed E-state index contributed by atoms with van der Waals surface area (Å²) in [7, 11) is 0. The third-order valence-corrected chi connectivity index (χ3v) is 4.64. The van der Waals surface area contributed by atoms with Gasteiger partial charge in [-0.2, -0.15) is 0 Å². The Morgan fingerprint density at radius 1 is 0.731 bits per heavy atom. The predicted molar refractivity (Wildman–Crippen MR) is 113 cm³/mol. The van der Waals surface area contributed by atoms with Crippen LogP contribution in [0, 0.1) is 0 Å². The van der Waals surface area contributed by atoms with Gasteiger partial charge in [0.25, 0.3) is 0 Å². The van der Waals surface area contributed by atoms with Crippen molar-refractivity contribution < 1.29 is 0 Å². The number of hydrogen-bond acceptors (Lipinski definition) is 1. The quantitative estimate of drug-likeness (QED) is 0.508. The summed E-state index contributed by atoms with van der Waals surface area (Å²) >= 11 is 0. The second kappa shape index (κ2) is 7.28. The number of anilines is 2. The first-order chi connectivity index (χ1) is 12.8. The smallest absolute Gasteiger partial charge is 0.0493 e. The highest BCUT2D eigenvalue weighted by molar-refractivity contribution is 5.85. The van der Waals surface area contributed by atoms with E-state index in [0.717, 1.165) is 17.7 Å². The molecule has 0 saturated heterocycles. The molecule has 4 rings (SSSR count). The lowest BCUT2D eigenvalue weighted by Crippen LogP contribution is -2.18. The van der Waals surface area contributed by atoms with Crippen molar-refractivity contribution in [3.63, 3.8) is 0 Å². The Kier molecular flexibility index (Phi) is 4.53. The van der Waals surface area contributed by atoms with E-state index in [4.69, 9.17) is 0 Å². The van der Waals surface area contributed by atoms with Crippen LogP contribution < -0.4 is 4.90 Å². The van der Waals surface area contributed by atoms with Crippen LogP contribution in [0.25, 0.3) is 16.7 Å². The lowest BCUT2D eigenvalue weighted by Gasteiger charge is -2.26. The number of nitrogens with zero attached hydrogens (tertiary/aromatic N) is 1. The zero-order valence-corrected chi connectivity index (χ0v) is 14.7. The zero-order chi connectivity index (χ0) is 17.8. The van der Waals surface area contributed by atoms with E-state index in [0.29, 0.717) is 0 Å². The molecule has 126 valence electrons. The highest BCUT2D eigenvalue weighted by Crippen LogP contribution is 2.34. The van der Waals surface area contributed by atoms with E-state index in [1.807, 2.05) is 0 Å². The Labute approximate surface area is 155 Å². The second-order valence-corrected chi connectivity index (χ2v) is 6.36. The average molecular weight is 335 g/mol. The van der Waals surface area contributed by atoms with Crippen molar-refractivity contribution in [2.45, 2.75) is 0 Å². The summed E-state index contributed by atoms with van der Waals surface area (Å²) in [5.41, 5.74) is 7.00. The molecule has 0 aliphatic carbocycles. The van der Waals surface area contributed by atoms with E-state index >= 15 is 0 Å². The summed E-state index contributed by atoms with van der Waals surface area (Å²) < 4.78 is 0. The molecule has 0 N–H and O–H groups in total. The van der Waals surface area contributed by atoms with Gasteiger partial charge >= 0.3 is 0 Å². The molecule has 0 bridgehead atoms. The van der Waals surface area contributed by atoms with Crippen molar-refractivity contribution in [1.29, 1.82) is 0 Å². The number of fused-ring (bicyclic) bond motifs is 1. The summed E-state index contributed by atoms with van der Waals surface area (Å²) in [6, 6.07) is 27.7. The van der Waals surface area contributed by atoms with Gasteiger partial charge in [0.15, 0.2) is 0 Å². The van der Waals surface area contributed by atoms with Crippen LogP contribution in [0.15, 0.2) is 110 Å². The standard InChI is InChI=1S/C25H21N/c1-20-11-4-3-9-18-26(25-17-8-7-16-24(20)25)23-15-10-14-22(19-23)21-12-5-2-6-13-21/h2-17,19H,1,18H2/b9-3-,11-4-. The van der Waals surface area contributed by atoms with Crippen molar-refractivity contribution in [2.75, 3.05) is 11.4 Å². The second-order valence-electron chi connectivity index (χ2n) is 6.36. The van der Waals surface area contributed by atoms with Gasteiger partial charge in [0.1, 0.15) is 0 Å². The molecule has 3 aromatic carbocycles. The number of allylic oxidation sites excluding steroid dienone is 4. The van der Waals surface area contributed by atoms with Crippen LogP contribution >= 0.6 is 0 Å². The fraction of sp³-hybridized carbons (Fsp3) is 0.0400. The van der Waals surface area contributed by atoms with Gasteiger partial charge in [0.05, 0.1) is 0 Å². The monoisotopic (exact) mass is 335 g/mol. The van der Waals surface area contributed by atoms with Gasteiger partial charge in [-0.05, 0) is 34.9 Å². The van der Waals surface area contributed by atoms with E-state index < -0.39 is 0 Å². The summed E-state index contributed by atoms with van der Waals surface area (Å²) in [4.78, 5) is 2.34. The van der Waals surface area contributed by atoms with Gasteiger partial charge in [-0.1, -0.05) is 91.5 Å². The molecule has 26 heavy (non-hydrogen) atoms. The van der Waals surface area contributed by atoms with Crippen molar-refractivity contribution in [3.05, 3.63) is 115 Å². The molecule has 1 aliphatic heterocycles. The first-order valence-corrected chi connectivity index (χ1v) is 8.87. The number of hydrogen-bond donors (Lipinski definition) is 0. The van der Waals surface area contributed by atoms with Gasteiger partial charge in [-0.3, -0.25) is 0 Å². The Morgan fingerprint density at radius 3 is 2.38 bits per heavy atom. The van der Waals surface area contributed by atoms with Crippen LogP contribution in [0.3, 0.4) is 0 Å². The third kappa shape index (κ3) is 3.25. The van der Waals surface area contributed by atoms with Crippen LogP contribution in [-0.4, -0.2) is 6.54 Å². The van der Waals surface area contributed by atoms with E-state index in [9.17, 15) is 0 Å². The van der Waals surface area contributed by atoms with Crippen molar-refractivity contribution in [2.24, 2.45) is 0 Å². The molecular weight excluding hydrogens is 314 g/mol. The normalized spacial score (nSPS) is 16.2. The van der Waals surface area contributed by atoms with Crippen LogP contribution in [0.1, 0.15) is 5.56 Å². The van der Waals surface area contributed by atoms with Gasteiger partial charge in [-0.25, -0.2) is 0 Å². The summed E-state index contributed by atoms with van der Waals surface area (Å²) in [6.07, 6.45) is 8.40. The lowest BCUT2D eigenvalue weighted by molar-refractivity contribution is 1.09. The van der Waals surface area contributed by atoms with Crippen LogP contribution in [0.4, 0.5) is 11.4 Å². The van der Waals surface area contributed by atoms with Crippen molar-refractivity contribution in [3.8, 4) is 11.1 Å². The topological polar surface area (TPSA) is 3.24 Å². The maximum absolute atomic E-state index is 4.24. The van der Waals surface area contributed by atoms with Gasteiger partial charge in [0, 0.05) is 23.5 Å². The third-order valence-electron chi connectivity index (χ3n) is 4.64. The fourth-order valence-electron chi connectivity index (χ4n) is 3.31. The predicted octanol–water partition coefficient (Wildman–Crippen LogP) is 6.63. The molecule has 0 atom stereocenters. The molecule has 1 aliphatic rings. The molecule has 0 fully saturated rings. The van der Waals surface area contributed by atoms with Gasteiger partial charge < -0.3 is 4.90 Å². The minimum Gasteiger partial charge on any atom is -0.337 e. The van der Waals surface area contributed by atoms with E-state index in [1.165, 1.54) is 22.5 Å². The molecule has 1 heteroatoms. The number of benzene rings is 3. The van der Waals surface area contributed by atoms with Crippen LogP contribution in [0.2, 0.25) is 0 Å². The van der Waals surface area contributed by atoms with Crippen LogP contribution in [0.5, 0.6) is 0 Å². The maximum atomic E-state index is 4.24. The first-order valence-electron chi connectivity index (χ1n) is 8.87. The molecule has 3 aromatic rings. The molecule has 0 aromatic heterocycles. The molecule has 0 unspecified atom stereocenters. The maximum Gasteiger partial charge on any atom is 0.0493 e. The highest BCUT2D eigenvalue weighted by atomic mass is 15.1. The Hall–Kier alpha value is -3.32. The number of para-hydroxylation sites is 1. The minimum absolute atomic E-state index is 0.812. The molecule has 1 nitrogen and oxygen atoms in total. The molecule has 0 amide bonds. The number of rotatable bonds is 2. The summed E-state index contributed by atoms with van der Waals surface area (Å²) in [5, 5.41) is 0. The minimum atomic E-state index is 0.812. The SMILES string of the molecule is C=C1/C=C\C=C/CN(c2cccc(-c3ccccc3)c2)c2ccccc21.